The van der Waals surface area contributed by atoms with Gasteiger partial charge in [-0.1, -0.05) is 12.2 Å². The zero-order valence-corrected chi connectivity index (χ0v) is 13.1. The summed E-state index contributed by atoms with van der Waals surface area (Å²) in [6.45, 7) is 2.19. The number of hydrogen-bond acceptors (Lipinski definition) is 3. The Morgan fingerprint density at radius 1 is 1.26 bits per heavy atom. The minimum atomic E-state index is -0.0748. The maximum atomic E-state index is 12.6. The number of anilines is 1. The molecule has 0 aromatic carbocycles. The van der Waals surface area contributed by atoms with Gasteiger partial charge in [-0.15, -0.1) is 0 Å². The zero-order chi connectivity index (χ0) is 15.9. The lowest BCUT2D eigenvalue weighted by atomic mass is 9.86. The van der Waals surface area contributed by atoms with E-state index in [1.807, 2.05) is 21.9 Å². The lowest BCUT2D eigenvalue weighted by molar-refractivity contribution is -0.134. The number of nitrogens with zero attached hydrogens (tertiary/aromatic N) is 3. The predicted octanol–water partition coefficient (Wildman–Crippen LogP) is 2.00. The molecule has 23 heavy (non-hydrogen) atoms. The molecule has 3 heterocycles. The van der Waals surface area contributed by atoms with Crippen LogP contribution < -0.4 is 4.90 Å². The van der Waals surface area contributed by atoms with E-state index in [4.69, 9.17) is 0 Å². The molecule has 2 saturated heterocycles. The van der Waals surface area contributed by atoms with Crippen LogP contribution in [0.15, 0.2) is 36.7 Å². The van der Waals surface area contributed by atoms with Crippen molar-refractivity contribution in [1.29, 1.82) is 0 Å². The maximum absolute atomic E-state index is 12.6. The zero-order valence-electron chi connectivity index (χ0n) is 13.1. The molecule has 1 spiro atoms. The summed E-state index contributed by atoms with van der Waals surface area (Å²) in [7, 11) is 0. The van der Waals surface area contributed by atoms with Gasteiger partial charge in [-0.3, -0.25) is 14.6 Å². The van der Waals surface area contributed by atoms with E-state index in [9.17, 15) is 9.59 Å². The number of allylic oxidation sites excluding steroid dienone is 2. The highest BCUT2D eigenvalue weighted by Crippen LogP contribution is 2.42. The first-order valence-corrected chi connectivity index (χ1v) is 8.31. The first-order valence-electron chi connectivity index (χ1n) is 8.31. The quantitative estimate of drug-likeness (QED) is 0.785. The number of carbonyl (C=O) groups is 2. The van der Waals surface area contributed by atoms with Gasteiger partial charge in [0.15, 0.2) is 0 Å². The van der Waals surface area contributed by atoms with Crippen molar-refractivity contribution in [2.75, 3.05) is 24.5 Å². The fourth-order valence-electron chi connectivity index (χ4n) is 4.12. The van der Waals surface area contributed by atoms with E-state index in [0.29, 0.717) is 19.5 Å². The Morgan fingerprint density at radius 2 is 2.09 bits per heavy atom. The molecule has 0 saturated carbocycles. The Balaban J connectivity index is 1.46. The largest absolute Gasteiger partial charge is 0.342 e. The molecule has 2 aliphatic heterocycles. The van der Waals surface area contributed by atoms with Crippen molar-refractivity contribution >= 4 is 17.5 Å². The summed E-state index contributed by atoms with van der Waals surface area (Å²) < 4.78 is 0. The van der Waals surface area contributed by atoms with Gasteiger partial charge in [0, 0.05) is 43.6 Å². The van der Waals surface area contributed by atoms with Gasteiger partial charge in [0.25, 0.3) is 0 Å². The van der Waals surface area contributed by atoms with Crippen LogP contribution in [0, 0.1) is 11.3 Å². The van der Waals surface area contributed by atoms with E-state index in [2.05, 4.69) is 17.1 Å². The van der Waals surface area contributed by atoms with Gasteiger partial charge in [0.1, 0.15) is 0 Å². The smallest absolute Gasteiger partial charge is 0.227 e. The van der Waals surface area contributed by atoms with Crippen LogP contribution in [0.1, 0.15) is 25.7 Å². The van der Waals surface area contributed by atoms with Gasteiger partial charge in [0.05, 0.1) is 11.9 Å². The molecule has 0 unspecified atom stereocenters. The number of amides is 2. The topological polar surface area (TPSA) is 53.5 Å². The molecule has 5 heteroatoms. The van der Waals surface area contributed by atoms with Crippen molar-refractivity contribution in [3.8, 4) is 0 Å². The second kappa shape index (κ2) is 5.48. The molecule has 1 atom stereocenters. The second-order valence-corrected chi connectivity index (χ2v) is 7.02. The third kappa shape index (κ3) is 2.54. The third-order valence-electron chi connectivity index (χ3n) is 5.39. The summed E-state index contributed by atoms with van der Waals surface area (Å²) in [5, 5.41) is 0. The second-order valence-electron chi connectivity index (χ2n) is 7.02. The molecule has 3 aliphatic rings. The summed E-state index contributed by atoms with van der Waals surface area (Å²) >= 11 is 0. The number of pyridine rings is 1. The molecule has 5 nitrogen and oxygen atoms in total. The standard InChI is InChI=1S/C18H21N3O2/c22-16-10-18(13-21(16)15-6-3-8-19-11-15)7-9-20(12-18)17(23)14-4-1-2-5-14/h1-3,6,8,11,14H,4-5,7,9-10,12-13H2/t18-/m0/s1. The van der Waals surface area contributed by atoms with E-state index >= 15 is 0 Å². The first-order chi connectivity index (χ1) is 11.2. The molecule has 1 aliphatic carbocycles. The number of likely N-dealkylation sites (tertiary alicyclic amines) is 1. The van der Waals surface area contributed by atoms with E-state index in [1.165, 1.54) is 0 Å². The van der Waals surface area contributed by atoms with Crippen molar-refractivity contribution in [2.24, 2.45) is 11.3 Å². The lowest BCUT2D eigenvalue weighted by Crippen LogP contribution is -2.36. The Kier molecular flexibility index (Phi) is 3.43. The molecule has 1 aromatic heterocycles. The summed E-state index contributed by atoms with van der Waals surface area (Å²) in [4.78, 5) is 33.0. The summed E-state index contributed by atoms with van der Waals surface area (Å²) in [5.41, 5.74) is 0.786. The predicted molar refractivity (Wildman–Crippen MR) is 86.7 cm³/mol. The summed E-state index contributed by atoms with van der Waals surface area (Å²) in [6, 6.07) is 3.77. The molecular weight excluding hydrogens is 290 g/mol. The molecule has 0 radical (unpaired) electrons. The molecule has 4 rings (SSSR count). The van der Waals surface area contributed by atoms with Crippen molar-refractivity contribution in [1.82, 2.24) is 9.88 Å². The van der Waals surface area contributed by atoms with Crippen LogP contribution in [0.3, 0.4) is 0 Å². The number of aromatic nitrogens is 1. The maximum Gasteiger partial charge on any atom is 0.227 e. The molecule has 120 valence electrons. The third-order valence-corrected chi connectivity index (χ3v) is 5.39. The van der Waals surface area contributed by atoms with E-state index in [0.717, 1.165) is 31.5 Å². The fourth-order valence-corrected chi connectivity index (χ4v) is 4.12. The van der Waals surface area contributed by atoms with Crippen LogP contribution in [-0.2, 0) is 9.59 Å². The van der Waals surface area contributed by atoms with Gasteiger partial charge >= 0.3 is 0 Å². The minimum Gasteiger partial charge on any atom is -0.342 e. The molecule has 1 aromatic rings. The first kappa shape index (κ1) is 14.4. The summed E-state index contributed by atoms with van der Waals surface area (Å²) in [5.74, 6) is 0.533. The van der Waals surface area contributed by atoms with E-state index in [1.54, 1.807) is 12.4 Å². The monoisotopic (exact) mass is 311 g/mol. The van der Waals surface area contributed by atoms with Crippen molar-refractivity contribution < 1.29 is 9.59 Å². The van der Waals surface area contributed by atoms with Gasteiger partial charge < -0.3 is 9.80 Å². The van der Waals surface area contributed by atoms with Crippen LogP contribution in [0.4, 0.5) is 5.69 Å². The summed E-state index contributed by atoms with van der Waals surface area (Å²) in [6.07, 6.45) is 10.8. The van der Waals surface area contributed by atoms with Crippen LogP contribution >= 0.6 is 0 Å². The van der Waals surface area contributed by atoms with Gasteiger partial charge in [0.2, 0.25) is 11.8 Å². The van der Waals surface area contributed by atoms with Crippen LogP contribution in [0.25, 0.3) is 0 Å². The molecule has 0 N–H and O–H groups in total. The van der Waals surface area contributed by atoms with Crippen LogP contribution in [0.2, 0.25) is 0 Å². The van der Waals surface area contributed by atoms with Gasteiger partial charge in [-0.25, -0.2) is 0 Å². The highest BCUT2D eigenvalue weighted by atomic mass is 16.2. The van der Waals surface area contributed by atoms with Crippen LogP contribution in [0.5, 0.6) is 0 Å². The molecular formula is C18H21N3O2. The van der Waals surface area contributed by atoms with Crippen molar-refractivity contribution in [3.63, 3.8) is 0 Å². The number of rotatable bonds is 2. The van der Waals surface area contributed by atoms with Crippen molar-refractivity contribution in [2.45, 2.75) is 25.7 Å². The molecule has 2 fully saturated rings. The highest BCUT2D eigenvalue weighted by molar-refractivity contribution is 5.96. The number of hydrogen-bond donors (Lipinski definition) is 0. The molecule has 0 bridgehead atoms. The van der Waals surface area contributed by atoms with Crippen molar-refractivity contribution in [3.05, 3.63) is 36.7 Å². The number of carbonyl (C=O) groups excluding carboxylic acids is 2. The normalized spacial score (nSPS) is 27.6. The molecule has 2 amide bonds. The Hall–Kier alpha value is -2.17. The fraction of sp³-hybridized carbons (Fsp3) is 0.500. The lowest BCUT2D eigenvalue weighted by Gasteiger charge is -2.25. The Morgan fingerprint density at radius 3 is 2.83 bits per heavy atom. The van der Waals surface area contributed by atoms with E-state index in [-0.39, 0.29) is 23.1 Å². The Bertz CT molecular complexity index is 649. The SMILES string of the molecule is O=C(C1CC=CC1)N1CC[C@]2(CC(=O)N(c3cccnc3)C2)C1. The minimum absolute atomic E-state index is 0.0748. The average molecular weight is 311 g/mol. The highest BCUT2D eigenvalue weighted by Gasteiger charge is 2.49. The van der Waals surface area contributed by atoms with Crippen LogP contribution in [-0.4, -0.2) is 41.3 Å². The van der Waals surface area contributed by atoms with E-state index < -0.39 is 0 Å². The Labute approximate surface area is 136 Å². The van der Waals surface area contributed by atoms with Gasteiger partial charge in [-0.05, 0) is 31.4 Å². The average Bonchev–Trinajstić information content (AvgIpc) is 3.29. The van der Waals surface area contributed by atoms with Gasteiger partial charge in [-0.2, -0.15) is 0 Å².